The Morgan fingerprint density at radius 2 is 2.06 bits per heavy atom. The zero-order valence-electron chi connectivity index (χ0n) is 9.96. The molecule has 0 heterocycles. The molecule has 1 aromatic rings. The lowest BCUT2D eigenvalue weighted by molar-refractivity contribution is 0.252. The molecule has 3 heteroatoms. The van der Waals surface area contributed by atoms with Gasteiger partial charge in [0.2, 0.25) is 0 Å². The van der Waals surface area contributed by atoms with E-state index in [0.29, 0.717) is 0 Å². The Balaban J connectivity index is 2.53. The number of hydrogen-bond acceptors (Lipinski definition) is 2. The first kappa shape index (κ1) is 11.9. The van der Waals surface area contributed by atoms with Crippen LogP contribution in [0.4, 0.5) is 5.69 Å². The van der Waals surface area contributed by atoms with Crippen molar-refractivity contribution in [3.8, 4) is 0 Å². The van der Waals surface area contributed by atoms with Crippen molar-refractivity contribution in [2.75, 3.05) is 25.5 Å². The summed E-state index contributed by atoms with van der Waals surface area (Å²) in [6, 6.07) is 6.39. The third kappa shape index (κ3) is 1.76. The Bertz CT molecular complexity index is 378. The Kier molecular flexibility index (Phi) is 3.27. The second-order valence-corrected chi connectivity index (χ2v) is 5.72. The lowest BCUT2D eigenvalue weighted by Crippen LogP contribution is -2.42. The summed E-state index contributed by atoms with van der Waals surface area (Å²) in [6.45, 7) is 0.746. The number of anilines is 1. The first-order valence-corrected chi connectivity index (χ1v) is 6.56. The molecule has 2 rings (SSSR count). The minimum absolute atomic E-state index is 0.208. The molecule has 1 aliphatic rings. The fraction of sp³-hybridized carbons (Fsp3) is 0.538. The van der Waals surface area contributed by atoms with Crippen molar-refractivity contribution < 1.29 is 0 Å². The SMILES string of the molecule is CN(C)c1cccc(Br)c1C1(CN)CCC1. The summed E-state index contributed by atoms with van der Waals surface area (Å²) >= 11 is 3.68. The van der Waals surface area contributed by atoms with Crippen molar-refractivity contribution in [2.24, 2.45) is 5.73 Å². The van der Waals surface area contributed by atoms with Crippen molar-refractivity contribution in [3.63, 3.8) is 0 Å². The lowest BCUT2D eigenvalue weighted by Gasteiger charge is -2.44. The third-order valence-corrected chi connectivity index (χ3v) is 4.37. The van der Waals surface area contributed by atoms with Gasteiger partial charge in [-0.05, 0) is 30.5 Å². The van der Waals surface area contributed by atoms with E-state index in [1.165, 1.54) is 35.0 Å². The monoisotopic (exact) mass is 282 g/mol. The van der Waals surface area contributed by atoms with Crippen LogP contribution in [0.5, 0.6) is 0 Å². The molecule has 0 aliphatic heterocycles. The van der Waals surface area contributed by atoms with Crippen molar-refractivity contribution in [1.29, 1.82) is 0 Å². The molecule has 0 unspecified atom stereocenters. The Morgan fingerprint density at radius 3 is 2.50 bits per heavy atom. The molecule has 16 heavy (non-hydrogen) atoms. The summed E-state index contributed by atoms with van der Waals surface area (Å²) in [6.07, 6.45) is 3.73. The van der Waals surface area contributed by atoms with Crippen molar-refractivity contribution >= 4 is 21.6 Å². The smallest absolute Gasteiger partial charge is 0.0411 e. The van der Waals surface area contributed by atoms with Gasteiger partial charge in [-0.25, -0.2) is 0 Å². The van der Waals surface area contributed by atoms with Crippen molar-refractivity contribution in [1.82, 2.24) is 0 Å². The maximum atomic E-state index is 6.00. The standard InChI is InChI=1S/C13H19BrN2/c1-16(2)11-6-3-5-10(14)12(11)13(9-15)7-4-8-13/h3,5-6H,4,7-9,15H2,1-2H3. The van der Waals surface area contributed by atoms with Crippen LogP contribution in [0, 0.1) is 0 Å². The van der Waals surface area contributed by atoms with E-state index < -0.39 is 0 Å². The Morgan fingerprint density at radius 1 is 1.38 bits per heavy atom. The predicted molar refractivity (Wildman–Crippen MR) is 73.1 cm³/mol. The highest BCUT2D eigenvalue weighted by atomic mass is 79.9. The van der Waals surface area contributed by atoms with Crippen LogP contribution in [-0.2, 0) is 5.41 Å². The maximum Gasteiger partial charge on any atom is 0.0411 e. The molecule has 0 atom stereocenters. The number of nitrogens with two attached hydrogens (primary N) is 1. The first-order valence-electron chi connectivity index (χ1n) is 5.77. The molecule has 88 valence electrons. The molecule has 2 N–H and O–H groups in total. The van der Waals surface area contributed by atoms with Gasteiger partial charge in [0, 0.05) is 36.2 Å². The molecule has 0 aromatic heterocycles. The summed E-state index contributed by atoms with van der Waals surface area (Å²) in [7, 11) is 4.18. The quantitative estimate of drug-likeness (QED) is 0.924. The minimum atomic E-state index is 0.208. The zero-order chi connectivity index (χ0) is 11.8. The van der Waals surface area contributed by atoms with Gasteiger partial charge in [-0.2, -0.15) is 0 Å². The number of benzene rings is 1. The van der Waals surface area contributed by atoms with Gasteiger partial charge in [0.1, 0.15) is 0 Å². The minimum Gasteiger partial charge on any atom is -0.377 e. The fourth-order valence-corrected chi connectivity index (χ4v) is 3.35. The molecule has 0 bridgehead atoms. The molecule has 0 radical (unpaired) electrons. The maximum absolute atomic E-state index is 6.00. The van der Waals surface area contributed by atoms with Gasteiger partial charge in [-0.15, -0.1) is 0 Å². The van der Waals surface area contributed by atoms with E-state index in [1.807, 2.05) is 0 Å². The predicted octanol–water partition coefficient (Wildman–Crippen LogP) is 2.90. The van der Waals surface area contributed by atoms with E-state index >= 15 is 0 Å². The molecule has 0 saturated heterocycles. The van der Waals surface area contributed by atoms with Gasteiger partial charge in [-0.1, -0.05) is 28.4 Å². The summed E-state index contributed by atoms with van der Waals surface area (Å²) in [5, 5.41) is 0. The molecule has 0 amide bonds. The van der Waals surface area contributed by atoms with Gasteiger partial charge < -0.3 is 10.6 Å². The topological polar surface area (TPSA) is 29.3 Å². The highest BCUT2D eigenvalue weighted by molar-refractivity contribution is 9.10. The lowest BCUT2D eigenvalue weighted by atomic mass is 9.64. The molecule has 0 spiro atoms. The second-order valence-electron chi connectivity index (χ2n) is 4.87. The number of rotatable bonds is 3. The van der Waals surface area contributed by atoms with Crippen molar-refractivity contribution in [3.05, 3.63) is 28.2 Å². The van der Waals surface area contributed by atoms with Gasteiger partial charge in [0.25, 0.3) is 0 Å². The highest BCUT2D eigenvalue weighted by Gasteiger charge is 2.40. The van der Waals surface area contributed by atoms with Gasteiger partial charge >= 0.3 is 0 Å². The van der Waals surface area contributed by atoms with E-state index in [-0.39, 0.29) is 5.41 Å². The van der Waals surface area contributed by atoms with Crippen LogP contribution in [0.15, 0.2) is 22.7 Å². The van der Waals surface area contributed by atoms with Crippen LogP contribution >= 0.6 is 15.9 Å². The van der Waals surface area contributed by atoms with Crippen LogP contribution in [0.3, 0.4) is 0 Å². The zero-order valence-corrected chi connectivity index (χ0v) is 11.5. The molecule has 2 nitrogen and oxygen atoms in total. The van der Waals surface area contributed by atoms with E-state index in [1.54, 1.807) is 0 Å². The fourth-order valence-electron chi connectivity index (χ4n) is 2.57. The normalized spacial score (nSPS) is 18.0. The summed E-state index contributed by atoms with van der Waals surface area (Å²) in [5.41, 5.74) is 8.90. The number of hydrogen-bond donors (Lipinski definition) is 1. The largest absolute Gasteiger partial charge is 0.377 e. The summed E-state index contributed by atoms with van der Waals surface area (Å²) in [4.78, 5) is 2.18. The molecule has 1 aromatic carbocycles. The average molecular weight is 283 g/mol. The molecule has 1 saturated carbocycles. The van der Waals surface area contributed by atoms with Crippen LogP contribution in [-0.4, -0.2) is 20.6 Å². The van der Waals surface area contributed by atoms with E-state index in [0.717, 1.165) is 6.54 Å². The first-order chi connectivity index (χ1) is 7.60. The van der Waals surface area contributed by atoms with Gasteiger partial charge in [0.05, 0.1) is 0 Å². The average Bonchev–Trinajstić information content (AvgIpc) is 2.19. The van der Waals surface area contributed by atoms with E-state index in [4.69, 9.17) is 5.73 Å². The van der Waals surface area contributed by atoms with E-state index in [2.05, 4.69) is 53.1 Å². The molecular weight excluding hydrogens is 264 g/mol. The van der Waals surface area contributed by atoms with Gasteiger partial charge in [-0.3, -0.25) is 0 Å². The van der Waals surface area contributed by atoms with Crippen LogP contribution in [0.25, 0.3) is 0 Å². The molecule has 1 fully saturated rings. The molecule has 1 aliphatic carbocycles. The number of nitrogens with zero attached hydrogens (tertiary/aromatic N) is 1. The summed E-state index contributed by atoms with van der Waals surface area (Å²) < 4.78 is 1.20. The molecular formula is C13H19BrN2. The van der Waals surface area contributed by atoms with Crippen LogP contribution < -0.4 is 10.6 Å². The van der Waals surface area contributed by atoms with E-state index in [9.17, 15) is 0 Å². The van der Waals surface area contributed by atoms with Crippen LogP contribution in [0.2, 0.25) is 0 Å². The Labute approximate surface area is 106 Å². The Hall–Kier alpha value is -0.540. The summed E-state index contributed by atoms with van der Waals surface area (Å²) in [5.74, 6) is 0. The van der Waals surface area contributed by atoms with Crippen molar-refractivity contribution in [2.45, 2.75) is 24.7 Å². The second kappa shape index (κ2) is 4.38. The highest BCUT2D eigenvalue weighted by Crippen LogP contribution is 2.48. The third-order valence-electron chi connectivity index (χ3n) is 3.71. The van der Waals surface area contributed by atoms with Gasteiger partial charge in [0.15, 0.2) is 0 Å². The van der Waals surface area contributed by atoms with Crippen LogP contribution in [0.1, 0.15) is 24.8 Å². The number of halogens is 1.